The molecule has 0 heterocycles. The van der Waals surface area contributed by atoms with Gasteiger partial charge in [0.25, 0.3) is 0 Å². The van der Waals surface area contributed by atoms with Crippen molar-refractivity contribution in [1.82, 2.24) is 0 Å². The summed E-state index contributed by atoms with van der Waals surface area (Å²) < 4.78 is 6.82. The molecule has 0 aliphatic heterocycles. The molecule has 0 atom stereocenters. The van der Waals surface area contributed by atoms with Gasteiger partial charge in [0.1, 0.15) is 17.3 Å². The minimum absolute atomic E-state index is 0.418. The van der Waals surface area contributed by atoms with Crippen LogP contribution in [0.2, 0.25) is 0 Å². The van der Waals surface area contributed by atoms with Crippen LogP contribution in [0.5, 0.6) is 5.75 Å². The first-order valence-electron chi connectivity index (χ1n) is 6.25. The van der Waals surface area contributed by atoms with Crippen LogP contribution >= 0.6 is 28.1 Å². The van der Waals surface area contributed by atoms with Crippen LogP contribution in [0.15, 0.2) is 40.9 Å². The number of hydrogen-bond acceptors (Lipinski definition) is 2. The zero-order valence-electron chi connectivity index (χ0n) is 11.4. The Balaban J connectivity index is 2.13. The lowest BCUT2D eigenvalue weighted by Crippen LogP contribution is -2.10. The number of ether oxygens (including phenoxy) is 1. The minimum atomic E-state index is 0.418. The number of thiocarbonyl (C=S) groups is 1. The van der Waals surface area contributed by atoms with Gasteiger partial charge in [-0.2, -0.15) is 0 Å². The molecule has 0 aliphatic carbocycles. The standard InChI is InChI=1S/C16H16BrNOS/c1-10-3-6-15(14(17)7-10)19-9-13-5-4-12(16(18)20)8-11(13)2/h3-8H,9H2,1-2H3,(H2,18,20). The average molecular weight is 350 g/mol. The second-order valence-electron chi connectivity index (χ2n) is 4.73. The van der Waals surface area contributed by atoms with Crippen molar-refractivity contribution in [2.24, 2.45) is 5.73 Å². The maximum atomic E-state index is 5.85. The summed E-state index contributed by atoms with van der Waals surface area (Å²) in [5.41, 5.74) is 9.95. The maximum absolute atomic E-state index is 5.85. The molecule has 2 aromatic rings. The Hall–Kier alpha value is -1.39. The van der Waals surface area contributed by atoms with Crippen LogP contribution < -0.4 is 10.5 Å². The van der Waals surface area contributed by atoms with E-state index in [1.54, 1.807) is 0 Å². The van der Waals surface area contributed by atoms with E-state index in [9.17, 15) is 0 Å². The smallest absolute Gasteiger partial charge is 0.134 e. The summed E-state index contributed by atoms with van der Waals surface area (Å²) in [6.07, 6.45) is 0. The number of aryl methyl sites for hydroxylation is 2. The highest BCUT2D eigenvalue weighted by Gasteiger charge is 2.05. The van der Waals surface area contributed by atoms with Crippen molar-refractivity contribution >= 4 is 33.1 Å². The van der Waals surface area contributed by atoms with E-state index in [4.69, 9.17) is 22.7 Å². The van der Waals surface area contributed by atoms with Crippen molar-refractivity contribution in [1.29, 1.82) is 0 Å². The van der Waals surface area contributed by atoms with Crippen molar-refractivity contribution < 1.29 is 4.74 Å². The van der Waals surface area contributed by atoms with Crippen molar-refractivity contribution in [2.45, 2.75) is 20.5 Å². The Morgan fingerprint density at radius 2 is 1.95 bits per heavy atom. The Kier molecular flexibility index (Phi) is 4.78. The van der Waals surface area contributed by atoms with E-state index in [1.165, 1.54) is 5.56 Å². The second-order valence-corrected chi connectivity index (χ2v) is 6.02. The molecule has 0 amide bonds. The molecule has 0 aliphatic rings. The lowest BCUT2D eigenvalue weighted by molar-refractivity contribution is 0.303. The molecule has 2 aromatic carbocycles. The van der Waals surface area contributed by atoms with E-state index in [2.05, 4.69) is 15.9 Å². The number of rotatable bonds is 4. The van der Waals surface area contributed by atoms with Gasteiger partial charge in [0, 0.05) is 5.56 Å². The van der Waals surface area contributed by atoms with Gasteiger partial charge in [-0.1, -0.05) is 30.4 Å². The molecule has 0 unspecified atom stereocenters. The molecular formula is C16H16BrNOS. The third-order valence-corrected chi connectivity index (χ3v) is 3.95. The summed E-state index contributed by atoms with van der Waals surface area (Å²) >= 11 is 8.49. The third-order valence-electron chi connectivity index (χ3n) is 3.10. The Labute approximate surface area is 133 Å². The lowest BCUT2D eigenvalue weighted by atomic mass is 10.1. The summed E-state index contributed by atoms with van der Waals surface area (Å²) in [7, 11) is 0. The van der Waals surface area contributed by atoms with Crippen LogP contribution in [0.25, 0.3) is 0 Å². The minimum Gasteiger partial charge on any atom is -0.488 e. The fourth-order valence-electron chi connectivity index (χ4n) is 1.89. The number of hydrogen-bond donors (Lipinski definition) is 1. The van der Waals surface area contributed by atoms with E-state index in [0.717, 1.165) is 26.9 Å². The van der Waals surface area contributed by atoms with Gasteiger partial charge >= 0.3 is 0 Å². The van der Waals surface area contributed by atoms with E-state index in [1.807, 2.05) is 50.2 Å². The first kappa shape index (κ1) is 15.0. The summed E-state index contributed by atoms with van der Waals surface area (Å²) in [4.78, 5) is 0.418. The van der Waals surface area contributed by atoms with Gasteiger partial charge in [-0.15, -0.1) is 0 Å². The van der Waals surface area contributed by atoms with E-state index in [0.29, 0.717) is 11.6 Å². The lowest BCUT2D eigenvalue weighted by Gasteiger charge is -2.11. The van der Waals surface area contributed by atoms with Gasteiger partial charge < -0.3 is 10.5 Å². The van der Waals surface area contributed by atoms with Crippen molar-refractivity contribution in [3.63, 3.8) is 0 Å². The SMILES string of the molecule is Cc1ccc(OCc2ccc(C(N)=S)cc2C)c(Br)c1. The molecule has 2 N–H and O–H groups in total. The molecule has 0 bridgehead atoms. The molecule has 0 fully saturated rings. The number of halogens is 1. The summed E-state index contributed by atoms with van der Waals surface area (Å²) in [5, 5.41) is 0. The van der Waals surface area contributed by atoms with E-state index in [-0.39, 0.29) is 0 Å². The molecule has 2 rings (SSSR count). The van der Waals surface area contributed by atoms with Gasteiger partial charge in [-0.05, 0) is 64.7 Å². The first-order valence-corrected chi connectivity index (χ1v) is 7.46. The highest BCUT2D eigenvalue weighted by atomic mass is 79.9. The van der Waals surface area contributed by atoms with Crippen molar-refractivity contribution in [2.75, 3.05) is 0 Å². The van der Waals surface area contributed by atoms with Gasteiger partial charge in [-0.3, -0.25) is 0 Å². The fourth-order valence-corrected chi connectivity index (χ4v) is 2.62. The monoisotopic (exact) mass is 349 g/mol. The number of nitrogens with two attached hydrogens (primary N) is 1. The highest BCUT2D eigenvalue weighted by molar-refractivity contribution is 9.10. The van der Waals surface area contributed by atoms with Crippen LogP contribution in [-0.4, -0.2) is 4.99 Å². The molecule has 0 saturated heterocycles. The molecule has 0 saturated carbocycles. The van der Waals surface area contributed by atoms with Crippen LogP contribution in [0, 0.1) is 13.8 Å². The zero-order chi connectivity index (χ0) is 14.7. The molecule has 2 nitrogen and oxygen atoms in total. The molecule has 20 heavy (non-hydrogen) atoms. The molecule has 0 radical (unpaired) electrons. The quantitative estimate of drug-likeness (QED) is 0.836. The van der Waals surface area contributed by atoms with Crippen molar-refractivity contribution in [3.05, 3.63) is 63.1 Å². The van der Waals surface area contributed by atoms with Crippen LogP contribution in [-0.2, 0) is 6.61 Å². The molecule has 4 heteroatoms. The van der Waals surface area contributed by atoms with E-state index >= 15 is 0 Å². The maximum Gasteiger partial charge on any atom is 0.134 e. The Bertz CT molecular complexity index is 655. The zero-order valence-corrected chi connectivity index (χ0v) is 13.8. The summed E-state index contributed by atoms with van der Waals surface area (Å²) in [6, 6.07) is 12.0. The third kappa shape index (κ3) is 3.58. The Morgan fingerprint density at radius 3 is 2.55 bits per heavy atom. The average Bonchev–Trinajstić information content (AvgIpc) is 2.38. The Morgan fingerprint density at radius 1 is 1.20 bits per heavy atom. The largest absolute Gasteiger partial charge is 0.488 e. The van der Waals surface area contributed by atoms with Gasteiger partial charge in [0.15, 0.2) is 0 Å². The van der Waals surface area contributed by atoms with E-state index < -0.39 is 0 Å². The van der Waals surface area contributed by atoms with Gasteiger partial charge in [-0.25, -0.2) is 0 Å². The molecule has 0 spiro atoms. The fraction of sp³-hybridized carbons (Fsp3) is 0.188. The van der Waals surface area contributed by atoms with Crippen LogP contribution in [0.3, 0.4) is 0 Å². The van der Waals surface area contributed by atoms with Crippen LogP contribution in [0.4, 0.5) is 0 Å². The predicted octanol–water partition coefficient (Wildman–Crippen LogP) is 4.28. The molecule has 0 aromatic heterocycles. The second kappa shape index (κ2) is 6.37. The normalized spacial score (nSPS) is 10.3. The number of benzene rings is 2. The van der Waals surface area contributed by atoms with Crippen molar-refractivity contribution in [3.8, 4) is 5.75 Å². The predicted molar refractivity (Wildman–Crippen MR) is 90.3 cm³/mol. The first-order chi connectivity index (χ1) is 9.47. The summed E-state index contributed by atoms with van der Waals surface area (Å²) in [6.45, 7) is 4.60. The molecule has 104 valence electrons. The highest BCUT2D eigenvalue weighted by Crippen LogP contribution is 2.27. The molecular weight excluding hydrogens is 334 g/mol. The summed E-state index contributed by atoms with van der Waals surface area (Å²) in [5.74, 6) is 0.841. The van der Waals surface area contributed by atoms with Crippen LogP contribution in [0.1, 0.15) is 22.3 Å². The van der Waals surface area contributed by atoms with Gasteiger partial charge in [0.05, 0.1) is 4.47 Å². The van der Waals surface area contributed by atoms with Gasteiger partial charge in [0.2, 0.25) is 0 Å². The topological polar surface area (TPSA) is 35.2 Å².